The largest absolute Gasteiger partial charge is 0.495 e. The van der Waals surface area contributed by atoms with Crippen LogP contribution < -0.4 is 10.3 Å². The fourth-order valence-electron chi connectivity index (χ4n) is 4.43. The van der Waals surface area contributed by atoms with Crippen molar-refractivity contribution in [2.45, 2.75) is 37.0 Å². The molecular weight excluding hydrogens is 440 g/mol. The molecule has 1 aromatic carbocycles. The molecule has 0 saturated heterocycles. The third-order valence-electron chi connectivity index (χ3n) is 6.36. The van der Waals surface area contributed by atoms with E-state index in [9.17, 15) is 13.2 Å². The maximum atomic E-state index is 12.9. The van der Waals surface area contributed by atoms with Gasteiger partial charge in [-0.2, -0.15) is 5.10 Å². The quantitative estimate of drug-likeness (QED) is 0.593. The van der Waals surface area contributed by atoms with Gasteiger partial charge in [-0.1, -0.05) is 12.0 Å². The molecule has 2 aliphatic rings. The van der Waals surface area contributed by atoms with Crippen molar-refractivity contribution in [1.29, 1.82) is 0 Å². The lowest BCUT2D eigenvalue weighted by atomic mass is 9.76. The number of benzene rings is 1. The summed E-state index contributed by atoms with van der Waals surface area (Å²) < 4.78 is 35.4. The van der Waals surface area contributed by atoms with Gasteiger partial charge in [-0.25, -0.2) is 8.42 Å². The summed E-state index contributed by atoms with van der Waals surface area (Å²) in [6.45, 7) is 0. The van der Waals surface area contributed by atoms with Crippen LogP contribution in [-0.2, 0) is 14.8 Å². The van der Waals surface area contributed by atoms with Crippen LogP contribution in [0.5, 0.6) is 0 Å². The summed E-state index contributed by atoms with van der Waals surface area (Å²) in [4.78, 5) is 13.0. The summed E-state index contributed by atoms with van der Waals surface area (Å²) in [6, 6.07) is 10.9. The zero-order chi connectivity index (χ0) is 23.0. The van der Waals surface area contributed by atoms with Crippen molar-refractivity contribution in [3.63, 3.8) is 0 Å². The highest BCUT2D eigenvalue weighted by molar-refractivity contribution is 7.92. The third kappa shape index (κ3) is 4.04. The maximum absolute atomic E-state index is 12.9. The topological polar surface area (TPSA) is 103 Å². The number of pyridine rings is 1. The summed E-state index contributed by atoms with van der Waals surface area (Å²) in [5, 5.41) is 8.10. The fraction of sp³-hybridized carbons (Fsp3) is 0.292. The van der Waals surface area contributed by atoms with Gasteiger partial charge in [-0.05, 0) is 74.1 Å². The Morgan fingerprint density at radius 2 is 1.97 bits per heavy atom. The minimum Gasteiger partial charge on any atom is -0.495 e. The predicted octanol–water partition coefficient (Wildman–Crippen LogP) is 3.93. The molecule has 170 valence electrons. The Labute approximate surface area is 191 Å². The number of fused-ring (bicyclic) bond motifs is 1. The second-order valence-corrected chi connectivity index (χ2v) is 9.99. The Morgan fingerprint density at radius 3 is 2.67 bits per heavy atom. The van der Waals surface area contributed by atoms with Gasteiger partial charge < -0.3 is 4.74 Å². The first-order valence-electron chi connectivity index (χ1n) is 10.9. The van der Waals surface area contributed by atoms with Crippen LogP contribution in [0, 0.1) is 5.92 Å². The number of hydrogen-bond acceptors (Lipinski definition) is 6. The molecule has 3 aromatic rings. The first-order chi connectivity index (χ1) is 16.0. The normalized spacial score (nSPS) is 16.9. The SMILES string of the molecule is COC1=C(n2c(=O)ccc3cc(S(=O)(=O)Nc4cccnn4)ccc32)CCC(C2CCC2)=C1. The molecular formula is C24H24N4O4S. The van der Waals surface area contributed by atoms with Crippen LogP contribution >= 0.6 is 0 Å². The number of anilines is 1. The molecule has 5 rings (SSSR count). The number of sulfonamides is 1. The first kappa shape index (κ1) is 21.4. The van der Waals surface area contributed by atoms with Crippen molar-refractivity contribution >= 4 is 32.4 Å². The van der Waals surface area contributed by atoms with Crippen molar-refractivity contribution in [2.75, 3.05) is 11.8 Å². The van der Waals surface area contributed by atoms with E-state index in [0.717, 1.165) is 12.1 Å². The number of methoxy groups -OCH3 is 1. The van der Waals surface area contributed by atoms with Gasteiger partial charge in [0.25, 0.3) is 15.6 Å². The third-order valence-corrected chi connectivity index (χ3v) is 7.71. The van der Waals surface area contributed by atoms with Crippen molar-refractivity contribution in [1.82, 2.24) is 14.8 Å². The van der Waals surface area contributed by atoms with Crippen LogP contribution in [-0.4, -0.2) is 30.3 Å². The zero-order valence-electron chi connectivity index (χ0n) is 18.2. The van der Waals surface area contributed by atoms with Gasteiger partial charge in [0.15, 0.2) is 5.82 Å². The van der Waals surface area contributed by atoms with Crippen LogP contribution in [0.25, 0.3) is 16.6 Å². The molecule has 0 spiro atoms. The standard InChI is InChI=1S/C24H24N4O4S/c1-32-22-15-17(16-4-2-5-16)7-10-21(22)28-20-11-9-19(14-18(20)8-12-24(28)29)33(30,31)27-23-6-3-13-25-26-23/h3,6,8-9,11-16H,2,4-5,7,10H2,1H3,(H,26,27). The summed E-state index contributed by atoms with van der Waals surface area (Å²) >= 11 is 0. The minimum atomic E-state index is -3.87. The van der Waals surface area contributed by atoms with Gasteiger partial charge in [0.1, 0.15) is 5.76 Å². The van der Waals surface area contributed by atoms with E-state index >= 15 is 0 Å². The smallest absolute Gasteiger partial charge is 0.263 e. The van der Waals surface area contributed by atoms with Crippen LogP contribution in [0.15, 0.2) is 75.8 Å². The molecule has 0 amide bonds. The molecule has 0 atom stereocenters. The van der Waals surface area contributed by atoms with Gasteiger partial charge in [0, 0.05) is 17.6 Å². The van der Waals surface area contributed by atoms with E-state index in [4.69, 9.17) is 4.74 Å². The Morgan fingerprint density at radius 1 is 1.12 bits per heavy atom. The number of hydrogen-bond donors (Lipinski definition) is 1. The Kier molecular flexibility index (Phi) is 5.49. The molecule has 2 aliphatic carbocycles. The van der Waals surface area contributed by atoms with Crippen molar-refractivity contribution in [2.24, 2.45) is 5.92 Å². The first-order valence-corrected chi connectivity index (χ1v) is 12.4. The molecule has 33 heavy (non-hydrogen) atoms. The number of nitrogens with zero attached hydrogens (tertiary/aromatic N) is 3. The van der Waals surface area contributed by atoms with Gasteiger partial charge in [0.2, 0.25) is 0 Å². The molecule has 0 bridgehead atoms. The molecule has 0 unspecified atom stereocenters. The summed E-state index contributed by atoms with van der Waals surface area (Å²) in [7, 11) is -2.25. The highest BCUT2D eigenvalue weighted by Gasteiger charge is 2.27. The molecule has 0 radical (unpaired) electrons. The van der Waals surface area contributed by atoms with E-state index in [1.165, 1.54) is 49.2 Å². The van der Waals surface area contributed by atoms with Crippen LogP contribution in [0.2, 0.25) is 0 Å². The van der Waals surface area contributed by atoms with Crippen molar-refractivity contribution < 1.29 is 13.2 Å². The molecule has 9 heteroatoms. The Balaban J connectivity index is 1.57. The lowest BCUT2D eigenvalue weighted by Gasteiger charge is -2.31. The van der Waals surface area contributed by atoms with Crippen LogP contribution in [0.1, 0.15) is 32.1 Å². The molecule has 2 heterocycles. The zero-order valence-corrected chi connectivity index (χ0v) is 19.0. The van der Waals surface area contributed by atoms with E-state index in [2.05, 4.69) is 21.0 Å². The monoisotopic (exact) mass is 464 g/mol. The van der Waals surface area contributed by atoms with Gasteiger partial charge in [-0.3, -0.25) is 14.1 Å². The Hall–Kier alpha value is -3.46. The number of aromatic nitrogens is 3. The number of nitrogens with one attached hydrogen (secondary N) is 1. The number of rotatable bonds is 6. The summed E-state index contributed by atoms with van der Waals surface area (Å²) in [6.07, 6.45) is 8.82. The lowest BCUT2D eigenvalue weighted by Crippen LogP contribution is -2.23. The average Bonchev–Trinajstić information content (AvgIpc) is 2.78. The van der Waals surface area contributed by atoms with Crippen LogP contribution in [0.4, 0.5) is 5.82 Å². The van der Waals surface area contributed by atoms with Gasteiger partial charge in [0.05, 0.1) is 23.2 Å². The Bertz CT molecular complexity index is 1440. The molecule has 1 N–H and O–H groups in total. The average molecular weight is 465 g/mol. The second-order valence-electron chi connectivity index (χ2n) is 8.30. The fourth-order valence-corrected chi connectivity index (χ4v) is 5.46. The maximum Gasteiger partial charge on any atom is 0.263 e. The number of ether oxygens (including phenoxy) is 1. The van der Waals surface area contributed by atoms with E-state index in [0.29, 0.717) is 29.0 Å². The number of allylic oxidation sites excluding steroid dienone is 3. The molecule has 8 nitrogen and oxygen atoms in total. The molecule has 1 saturated carbocycles. The van der Waals surface area contributed by atoms with Gasteiger partial charge in [-0.15, -0.1) is 5.10 Å². The second kappa shape index (κ2) is 8.47. The van der Waals surface area contributed by atoms with E-state index in [-0.39, 0.29) is 16.3 Å². The summed E-state index contributed by atoms with van der Waals surface area (Å²) in [5.41, 5.74) is 2.63. The van der Waals surface area contributed by atoms with Crippen LogP contribution in [0.3, 0.4) is 0 Å². The highest BCUT2D eigenvalue weighted by atomic mass is 32.2. The molecule has 2 aromatic heterocycles. The van der Waals surface area contributed by atoms with E-state index < -0.39 is 10.0 Å². The minimum absolute atomic E-state index is 0.0719. The predicted molar refractivity (Wildman–Crippen MR) is 126 cm³/mol. The molecule has 1 fully saturated rings. The van der Waals surface area contributed by atoms with E-state index in [1.54, 1.807) is 35.9 Å². The van der Waals surface area contributed by atoms with Crippen molar-refractivity contribution in [3.8, 4) is 0 Å². The highest BCUT2D eigenvalue weighted by Crippen LogP contribution is 2.40. The van der Waals surface area contributed by atoms with Crippen molar-refractivity contribution in [3.05, 3.63) is 76.4 Å². The van der Waals surface area contributed by atoms with Gasteiger partial charge >= 0.3 is 0 Å². The lowest BCUT2D eigenvalue weighted by molar-refractivity contribution is 0.297. The van der Waals surface area contributed by atoms with E-state index in [1.807, 2.05) is 0 Å². The summed E-state index contributed by atoms with van der Waals surface area (Å²) in [5.74, 6) is 1.45. The molecule has 0 aliphatic heterocycles.